The van der Waals surface area contributed by atoms with E-state index in [1.165, 1.54) is 5.56 Å². The van der Waals surface area contributed by atoms with E-state index in [0.717, 1.165) is 32.6 Å². The molecule has 2 heteroatoms. The van der Waals surface area contributed by atoms with E-state index in [4.69, 9.17) is 4.74 Å². The van der Waals surface area contributed by atoms with Gasteiger partial charge in [0, 0.05) is 18.6 Å². The first-order valence-electron chi connectivity index (χ1n) is 6.25. The summed E-state index contributed by atoms with van der Waals surface area (Å²) in [5.74, 6) is 0.621. The number of rotatable bonds is 4. The fourth-order valence-corrected chi connectivity index (χ4v) is 2.45. The molecule has 0 radical (unpaired) electrons. The highest BCUT2D eigenvalue weighted by Crippen LogP contribution is 2.19. The molecular weight excluding hydrogens is 198 g/mol. The predicted molar refractivity (Wildman–Crippen MR) is 66.5 cm³/mol. The van der Waals surface area contributed by atoms with Crippen molar-refractivity contribution in [3.63, 3.8) is 0 Å². The Hall–Kier alpha value is -0.860. The van der Waals surface area contributed by atoms with E-state index in [-0.39, 0.29) is 0 Å². The van der Waals surface area contributed by atoms with E-state index in [1.807, 2.05) is 0 Å². The number of benzene rings is 1. The van der Waals surface area contributed by atoms with Gasteiger partial charge >= 0.3 is 0 Å². The van der Waals surface area contributed by atoms with Crippen LogP contribution < -0.4 is 5.32 Å². The second-order valence-electron chi connectivity index (χ2n) is 4.48. The maximum absolute atomic E-state index is 5.59. The molecule has 2 unspecified atom stereocenters. The largest absolute Gasteiger partial charge is 0.381 e. The third kappa shape index (κ3) is 3.06. The Morgan fingerprint density at radius 1 is 1.31 bits per heavy atom. The molecule has 1 aromatic rings. The molecule has 2 atom stereocenters. The van der Waals surface area contributed by atoms with E-state index in [2.05, 4.69) is 42.6 Å². The first kappa shape index (κ1) is 11.6. The number of ether oxygens (including phenoxy) is 1. The summed E-state index contributed by atoms with van der Waals surface area (Å²) in [7, 11) is 0. The van der Waals surface area contributed by atoms with Crippen molar-refractivity contribution in [3.05, 3.63) is 35.9 Å². The van der Waals surface area contributed by atoms with Gasteiger partial charge in [0.2, 0.25) is 0 Å². The zero-order valence-electron chi connectivity index (χ0n) is 9.99. The van der Waals surface area contributed by atoms with Crippen molar-refractivity contribution in [2.24, 2.45) is 5.92 Å². The Labute approximate surface area is 98.0 Å². The predicted octanol–water partition coefficient (Wildman–Crippen LogP) is 2.24. The van der Waals surface area contributed by atoms with Gasteiger partial charge in [0.25, 0.3) is 0 Å². The van der Waals surface area contributed by atoms with Crippen molar-refractivity contribution < 1.29 is 4.74 Å². The molecule has 2 nitrogen and oxygen atoms in total. The molecule has 1 heterocycles. The Morgan fingerprint density at radius 2 is 2.12 bits per heavy atom. The van der Waals surface area contributed by atoms with Gasteiger partial charge in [0.1, 0.15) is 0 Å². The van der Waals surface area contributed by atoms with Crippen LogP contribution in [0.4, 0.5) is 0 Å². The minimum atomic E-state index is 0.621. The summed E-state index contributed by atoms with van der Waals surface area (Å²) in [6, 6.07) is 11.3. The maximum Gasteiger partial charge on any atom is 0.0512 e. The molecule has 1 fully saturated rings. The number of hydrogen-bond donors (Lipinski definition) is 1. The van der Waals surface area contributed by atoms with Gasteiger partial charge < -0.3 is 10.1 Å². The van der Waals surface area contributed by atoms with Gasteiger partial charge in [-0.2, -0.15) is 0 Å². The van der Waals surface area contributed by atoms with Gasteiger partial charge in [-0.05, 0) is 24.9 Å². The number of nitrogens with one attached hydrogen (secondary N) is 1. The summed E-state index contributed by atoms with van der Waals surface area (Å²) in [6.07, 6.45) is 2.27. The normalized spacial score (nSPS) is 25.6. The van der Waals surface area contributed by atoms with Crippen molar-refractivity contribution >= 4 is 0 Å². The average molecular weight is 219 g/mol. The Bertz CT molecular complexity index is 297. The van der Waals surface area contributed by atoms with Crippen LogP contribution in [0.3, 0.4) is 0 Å². The summed E-state index contributed by atoms with van der Waals surface area (Å²) >= 11 is 0. The molecule has 0 aliphatic carbocycles. The topological polar surface area (TPSA) is 21.3 Å². The molecule has 1 aromatic carbocycles. The third-order valence-corrected chi connectivity index (χ3v) is 3.28. The Kier molecular flexibility index (Phi) is 4.37. The fraction of sp³-hybridized carbons (Fsp3) is 0.571. The first-order valence-corrected chi connectivity index (χ1v) is 6.25. The van der Waals surface area contributed by atoms with Crippen LogP contribution >= 0.6 is 0 Å². The number of hydrogen-bond acceptors (Lipinski definition) is 2. The highest BCUT2D eigenvalue weighted by atomic mass is 16.5. The third-order valence-electron chi connectivity index (χ3n) is 3.28. The van der Waals surface area contributed by atoms with Crippen LogP contribution in [0.1, 0.15) is 18.9 Å². The highest BCUT2D eigenvalue weighted by molar-refractivity contribution is 5.15. The van der Waals surface area contributed by atoms with Crippen LogP contribution in [0.25, 0.3) is 0 Å². The molecule has 1 aliphatic heterocycles. The van der Waals surface area contributed by atoms with Crippen molar-refractivity contribution in [1.82, 2.24) is 5.32 Å². The van der Waals surface area contributed by atoms with Crippen molar-refractivity contribution in [2.45, 2.75) is 25.8 Å². The lowest BCUT2D eigenvalue weighted by Gasteiger charge is -2.32. The minimum absolute atomic E-state index is 0.621. The summed E-state index contributed by atoms with van der Waals surface area (Å²) in [4.78, 5) is 0. The molecular formula is C14H21NO. The molecule has 1 saturated heterocycles. The molecule has 2 rings (SSSR count). The lowest BCUT2D eigenvalue weighted by molar-refractivity contribution is 0.0327. The van der Waals surface area contributed by atoms with Crippen LogP contribution in [0.15, 0.2) is 30.3 Å². The molecule has 0 saturated carbocycles. The molecule has 16 heavy (non-hydrogen) atoms. The second kappa shape index (κ2) is 6.02. The lowest BCUT2D eigenvalue weighted by Crippen LogP contribution is -2.43. The lowest BCUT2D eigenvalue weighted by atomic mass is 9.89. The summed E-state index contributed by atoms with van der Waals surface area (Å²) < 4.78 is 5.59. The molecule has 1 aliphatic rings. The smallest absolute Gasteiger partial charge is 0.0512 e. The van der Waals surface area contributed by atoms with Gasteiger partial charge in [-0.3, -0.25) is 0 Å². The van der Waals surface area contributed by atoms with Crippen LogP contribution in [-0.4, -0.2) is 25.8 Å². The van der Waals surface area contributed by atoms with Crippen LogP contribution in [0, 0.1) is 5.92 Å². The second-order valence-corrected chi connectivity index (χ2v) is 4.48. The van der Waals surface area contributed by atoms with Gasteiger partial charge in [-0.1, -0.05) is 37.3 Å². The fourth-order valence-electron chi connectivity index (χ4n) is 2.45. The SMILES string of the molecule is CCNC1CCOCC1Cc1ccccc1. The Morgan fingerprint density at radius 3 is 2.88 bits per heavy atom. The molecule has 88 valence electrons. The standard InChI is InChI=1S/C14H21NO/c1-2-15-14-8-9-16-11-13(14)10-12-6-4-3-5-7-12/h3-7,13-15H,2,8-11H2,1H3. The average Bonchev–Trinajstić information content (AvgIpc) is 2.33. The Balaban J connectivity index is 1.96. The van der Waals surface area contributed by atoms with Crippen molar-refractivity contribution in [1.29, 1.82) is 0 Å². The molecule has 0 spiro atoms. The van der Waals surface area contributed by atoms with E-state index in [9.17, 15) is 0 Å². The van der Waals surface area contributed by atoms with E-state index < -0.39 is 0 Å². The highest BCUT2D eigenvalue weighted by Gasteiger charge is 2.24. The maximum atomic E-state index is 5.59. The van der Waals surface area contributed by atoms with Crippen LogP contribution in [0.5, 0.6) is 0 Å². The van der Waals surface area contributed by atoms with Crippen LogP contribution in [0.2, 0.25) is 0 Å². The van der Waals surface area contributed by atoms with Crippen molar-refractivity contribution in [3.8, 4) is 0 Å². The van der Waals surface area contributed by atoms with Gasteiger partial charge in [-0.15, -0.1) is 0 Å². The quantitative estimate of drug-likeness (QED) is 0.838. The zero-order valence-corrected chi connectivity index (χ0v) is 9.99. The van der Waals surface area contributed by atoms with Gasteiger partial charge in [0.05, 0.1) is 6.61 Å². The monoisotopic (exact) mass is 219 g/mol. The van der Waals surface area contributed by atoms with E-state index in [1.54, 1.807) is 0 Å². The van der Waals surface area contributed by atoms with Gasteiger partial charge in [-0.25, -0.2) is 0 Å². The van der Waals surface area contributed by atoms with E-state index >= 15 is 0 Å². The molecule has 0 aromatic heterocycles. The minimum Gasteiger partial charge on any atom is -0.381 e. The summed E-state index contributed by atoms with van der Waals surface area (Å²) in [5, 5.41) is 3.57. The molecule has 1 N–H and O–H groups in total. The van der Waals surface area contributed by atoms with Crippen LogP contribution in [-0.2, 0) is 11.2 Å². The van der Waals surface area contributed by atoms with Crippen molar-refractivity contribution in [2.75, 3.05) is 19.8 Å². The zero-order chi connectivity index (χ0) is 11.2. The molecule has 0 amide bonds. The van der Waals surface area contributed by atoms with E-state index in [0.29, 0.717) is 12.0 Å². The summed E-state index contributed by atoms with van der Waals surface area (Å²) in [5.41, 5.74) is 1.42. The summed E-state index contributed by atoms with van der Waals surface area (Å²) in [6.45, 7) is 5.03. The first-order chi connectivity index (χ1) is 7.90. The molecule has 0 bridgehead atoms. The van der Waals surface area contributed by atoms with Gasteiger partial charge in [0.15, 0.2) is 0 Å².